The third kappa shape index (κ3) is 2.03. The maximum atomic E-state index is 11.8. The van der Waals surface area contributed by atoms with Crippen LogP contribution in [-0.2, 0) is 0 Å². The Morgan fingerprint density at radius 2 is 2.31 bits per heavy atom. The fraction of sp³-hybridized carbons (Fsp3) is 0.222. The van der Waals surface area contributed by atoms with Gasteiger partial charge in [-0.3, -0.25) is 4.79 Å². The smallest absolute Gasteiger partial charge is 0.268 e. The number of nitrogens with one attached hydrogen (secondary N) is 1. The molecule has 0 saturated heterocycles. The first-order valence-corrected chi connectivity index (χ1v) is 5.35. The largest absolute Gasteiger partial charge is 0.375 e. The van der Waals surface area contributed by atoms with E-state index in [4.69, 9.17) is 10.3 Å². The summed E-state index contributed by atoms with van der Waals surface area (Å²) >= 11 is 1.14. The number of nitrogens with zero attached hydrogens (tertiary/aromatic N) is 2. The number of hydrogen-bond acceptors (Lipinski definition) is 6. The lowest BCUT2D eigenvalue weighted by atomic mass is 10.3. The molecule has 0 radical (unpaired) electrons. The predicted octanol–water partition coefficient (Wildman–Crippen LogP) is 1.58. The molecule has 1 amide bonds. The molecular weight excluding hydrogens is 228 g/mol. The van der Waals surface area contributed by atoms with Gasteiger partial charge in [-0.15, -0.1) is 0 Å². The topological polar surface area (TPSA) is 94.0 Å². The van der Waals surface area contributed by atoms with E-state index < -0.39 is 0 Å². The van der Waals surface area contributed by atoms with Crippen molar-refractivity contribution in [2.75, 3.05) is 11.1 Å². The first-order chi connectivity index (χ1) is 7.56. The zero-order valence-corrected chi connectivity index (χ0v) is 9.59. The molecule has 0 aromatic carbocycles. The van der Waals surface area contributed by atoms with Gasteiger partial charge in [-0.2, -0.15) is 0 Å². The Morgan fingerprint density at radius 1 is 1.56 bits per heavy atom. The number of carbonyl (C=O) groups is 1. The normalized spacial score (nSPS) is 10.4. The monoisotopic (exact) mass is 238 g/mol. The summed E-state index contributed by atoms with van der Waals surface area (Å²) in [5.74, 6) is 0.740. The predicted molar refractivity (Wildman–Crippen MR) is 60.5 cm³/mol. The summed E-state index contributed by atoms with van der Waals surface area (Å²) in [5, 5.41) is 6.64. The number of aryl methyl sites for hydroxylation is 2. The second-order valence-electron chi connectivity index (χ2n) is 3.24. The van der Waals surface area contributed by atoms with Crippen molar-refractivity contribution in [2.24, 2.45) is 0 Å². The Balaban J connectivity index is 2.17. The highest BCUT2D eigenvalue weighted by molar-refractivity contribution is 7.17. The number of nitrogen functional groups attached to an aromatic ring is 1. The number of thiazole rings is 1. The molecule has 0 aliphatic rings. The molecule has 2 aromatic rings. The van der Waals surface area contributed by atoms with E-state index in [0.29, 0.717) is 27.3 Å². The summed E-state index contributed by atoms with van der Waals surface area (Å²) in [6, 6.07) is 1.64. The molecule has 0 aliphatic heterocycles. The molecule has 0 atom stereocenters. The summed E-state index contributed by atoms with van der Waals surface area (Å²) in [5.41, 5.74) is 6.12. The van der Waals surface area contributed by atoms with Crippen LogP contribution >= 0.6 is 11.3 Å². The maximum absolute atomic E-state index is 11.8. The van der Waals surface area contributed by atoms with Crippen LogP contribution in [0.2, 0.25) is 0 Å². The lowest BCUT2D eigenvalue weighted by Crippen LogP contribution is -2.11. The minimum Gasteiger partial charge on any atom is -0.375 e. The van der Waals surface area contributed by atoms with E-state index in [2.05, 4.69) is 15.5 Å². The van der Waals surface area contributed by atoms with Gasteiger partial charge in [0.25, 0.3) is 5.91 Å². The van der Waals surface area contributed by atoms with E-state index in [-0.39, 0.29) is 5.91 Å². The minimum absolute atomic E-state index is 0.278. The fourth-order valence-corrected chi connectivity index (χ4v) is 1.96. The molecule has 84 valence electrons. The minimum atomic E-state index is -0.278. The third-order valence-corrected chi connectivity index (χ3v) is 2.87. The number of amides is 1. The first kappa shape index (κ1) is 10.6. The number of rotatable bonds is 2. The maximum Gasteiger partial charge on any atom is 0.268 e. The van der Waals surface area contributed by atoms with Crippen molar-refractivity contribution in [3.05, 3.63) is 22.4 Å². The Bertz CT molecular complexity index is 531. The molecule has 2 aromatic heterocycles. The molecule has 0 aliphatic carbocycles. The zero-order chi connectivity index (χ0) is 11.7. The van der Waals surface area contributed by atoms with Crippen LogP contribution in [0.25, 0.3) is 0 Å². The van der Waals surface area contributed by atoms with E-state index in [1.165, 1.54) is 0 Å². The standard InChI is InChI=1S/C9H10N4O2S/c1-4-3-6(13-15-4)12-8(14)7-5(2)11-9(10)16-7/h3H,1-2H3,(H2,10,11)(H,12,13,14). The molecule has 3 N–H and O–H groups in total. The van der Waals surface area contributed by atoms with Gasteiger partial charge in [-0.25, -0.2) is 4.98 Å². The van der Waals surface area contributed by atoms with Crippen molar-refractivity contribution in [3.8, 4) is 0 Å². The Morgan fingerprint density at radius 3 is 2.81 bits per heavy atom. The van der Waals surface area contributed by atoms with Crippen molar-refractivity contribution in [1.29, 1.82) is 0 Å². The summed E-state index contributed by atoms with van der Waals surface area (Å²) in [6.45, 7) is 3.48. The Kier molecular flexibility index (Phi) is 2.61. The number of hydrogen-bond donors (Lipinski definition) is 2. The van der Waals surface area contributed by atoms with Gasteiger partial charge in [0, 0.05) is 6.07 Å². The average molecular weight is 238 g/mol. The van der Waals surface area contributed by atoms with Crippen LogP contribution in [0.15, 0.2) is 10.6 Å². The molecular formula is C9H10N4O2S. The average Bonchev–Trinajstić information content (AvgIpc) is 2.73. The van der Waals surface area contributed by atoms with E-state index in [1.807, 2.05) is 0 Å². The lowest BCUT2D eigenvalue weighted by Gasteiger charge is -1.97. The molecule has 7 heteroatoms. The molecule has 6 nitrogen and oxygen atoms in total. The van der Waals surface area contributed by atoms with Crippen molar-refractivity contribution < 1.29 is 9.32 Å². The highest BCUT2D eigenvalue weighted by atomic mass is 32.1. The Labute approximate surface area is 95.5 Å². The fourth-order valence-electron chi connectivity index (χ4n) is 1.23. The molecule has 0 bridgehead atoms. The van der Waals surface area contributed by atoms with Gasteiger partial charge < -0.3 is 15.6 Å². The van der Waals surface area contributed by atoms with Gasteiger partial charge in [0.1, 0.15) is 10.6 Å². The van der Waals surface area contributed by atoms with Crippen LogP contribution in [0.4, 0.5) is 10.9 Å². The van der Waals surface area contributed by atoms with E-state index >= 15 is 0 Å². The second-order valence-corrected chi connectivity index (χ2v) is 4.27. The summed E-state index contributed by atoms with van der Waals surface area (Å²) < 4.78 is 4.84. The molecule has 0 fully saturated rings. The molecule has 2 rings (SSSR count). The van der Waals surface area contributed by atoms with Gasteiger partial charge in [-0.1, -0.05) is 16.5 Å². The molecule has 0 saturated carbocycles. The third-order valence-electron chi connectivity index (χ3n) is 1.89. The van der Waals surface area contributed by atoms with Gasteiger partial charge in [0.05, 0.1) is 5.69 Å². The lowest BCUT2D eigenvalue weighted by molar-refractivity contribution is 0.102. The summed E-state index contributed by atoms with van der Waals surface area (Å²) in [6.07, 6.45) is 0. The highest BCUT2D eigenvalue weighted by Crippen LogP contribution is 2.20. The zero-order valence-electron chi connectivity index (χ0n) is 8.77. The number of anilines is 2. The first-order valence-electron chi connectivity index (χ1n) is 4.54. The summed E-state index contributed by atoms with van der Waals surface area (Å²) in [7, 11) is 0. The summed E-state index contributed by atoms with van der Waals surface area (Å²) in [4.78, 5) is 16.2. The van der Waals surface area contributed by atoms with Crippen LogP contribution in [0.3, 0.4) is 0 Å². The van der Waals surface area contributed by atoms with Crippen molar-refractivity contribution in [1.82, 2.24) is 10.1 Å². The number of aromatic nitrogens is 2. The highest BCUT2D eigenvalue weighted by Gasteiger charge is 2.15. The molecule has 0 unspecified atom stereocenters. The van der Waals surface area contributed by atoms with Gasteiger partial charge >= 0.3 is 0 Å². The van der Waals surface area contributed by atoms with Crippen LogP contribution in [0.1, 0.15) is 21.1 Å². The number of nitrogens with two attached hydrogens (primary N) is 1. The SMILES string of the molecule is Cc1cc(NC(=O)c2sc(N)nc2C)no1. The second kappa shape index (κ2) is 3.93. The van der Waals surface area contributed by atoms with Gasteiger partial charge in [0.15, 0.2) is 10.9 Å². The number of carbonyl (C=O) groups excluding carboxylic acids is 1. The van der Waals surface area contributed by atoms with Crippen molar-refractivity contribution in [3.63, 3.8) is 0 Å². The molecule has 2 heterocycles. The molecule has 16 heavy (non-hydrogen) atoms. The van der Waals surface area contributed by atoms with Crippen molar-refractivity contribution >= 4 is 28.2 Å². The van der Waals surface area contributed by atoms with Crippen LogP contribution < -0.4 is 11.1 Å². The van der Waals surface area contributed by atoms with E-state index in [0.717, 1.165) is 11.3 Å². The quantitative estimate of drug-likeness (QED) is 0.828. The van der Waals surface area contributed by atoms with E-state index in [1.54, 1.807) is 19.9 Å². The van der Waals surface area contributed by atoms with Gasteiger partial charge in [0.2, 0.25) is 0 Å². The van der Waals surface area contributed by atoms with Crippen LogP contribution in [0, 0.1) is 13.8 Å². The Hall–Kier alpha value is -1.89. The van der Waals surface area contributed by atoms with Crippen molar-refractivity contribution in [2.45, 2.75) is 13.8 Å². The van der Waals surface area contributed by atoms with Crippen LogP contribution in [0.5, 0.6) is 0 Å². The van der Waals surface area contributed by atoms with Gasteiger partial charge in [-0.05, 0) is 13.8 Å². The molecule has 0 spiro atoms. The van der Waals surface area contributed by atoms with Crippen LogP contribution in [-0.4, -0.2) is 16.0 Å². The van der Waals surface area contributed by atoms with E-state index in [9.17, 15) is 4.79 Å².